The average molecular weight is 569 g/mol. The summed E-state index contributed by atoms with van der Waals surface area (Å²) in [6.07, 6.45) is 2.94. The first kappa shape index (κ1) is 27.2. The summed E-state index contributed by atoms with van der Waals surface area (Å²) >= 11 is 0. The van der Waals surface area contributed by atoms with Gasteiger partial charge in [-0.2, -0.15) is 0 Å². The van der Waals surface area contributed by atoms with Gasteiger partial charge in [0.1, 0.15) is 18.1 Å². The molecule has 0 aromatic heterocycles. The van der Waals surface area contributed by atoms with Gasteiger partial charge in [-0.25, -0.2) is 0 Å². The van der Waals surface area contributed by atoms with Crippen molar-refractivity contribution in [3.8, 4) is 11.5 Å². The predicted octanol–water partition coefficient (Wildman–Crippen LogP) is 3.67. The molecule has 1 saturated heterocycles. The fourth-order valence-electron chi connectivity index (χ4n) is 3.38. The fourth-order valence-corrected chi connectivity index (χ4v) is 3.38. The quantitative estimate of drug-likeness (QED) is 0.166. The van der Waals surface area contributed by atoms with E-state index in [0.29, 0.717) is 19.2 Å². The summed E-state index contributed by atoms with van der Waals surface area (Å²) in [5, 5.41) is 3.18. The Morgan fingerprint density at radius 1 is 0.939 bits per heavy atom. The van der Waals surface area contributed by atoms with Crippen molar-refractivity contribution in [2.45, 2.75) is 25.9 Å². The lowest BCUT2D eigenvalue weighted by Crippen LogP contribution is -2.37. The van der Waals surface area contributed by atoms with Gasteiger partial charge in [-0.05, 0) is 49.1 Å². The minimum Gasteiger partial charge on any atom is -0.494 e. The van der Waals surface area contributed by atoms with Gasteiger partial charge in [0.25, 0.3) is 0 Å². The number of rotatable bonds is 13. The third kappa shape index (κ3) is 11.6. The van der Waals surface area contributed by atoms with E-state index < -0.39 is 0 Å². The number of hydrogen-bond donors (Lipinski definition) is 2. The van der Waals surface area contributed by atoms with Crippen LogP contribution in [0.4, 0.5) is 0 Å². The van der Waals surface area contributed by atoms with Gasteiger partial charge in [0.05, 0.1) is 19.8 Å². The Balaban J connectivity index is 0.00000385. The lowest BCUT2D eigenvalue weighted by molar-refractivity contribution is 0.0377. The third-order valence-electron chi connectivity index (χ3n) is 5.24. The van der Waals surface area contributed by atoms with E-state index >= 15 is 0 Å². The maximum atomic E-state index is 5.94. The number of ether oxygens (including phenoxy) is 3. The molecule has 1 heterocycles. The first-order chi connectivity index (χ1) is 15.8. The second-order valence-electron chi connectivity index (χ2n) is 7.80. The van der Waals surface area contributed by atoms with Gasteiger partial charge in [0, 0.05) is 32.7 Å². The number of nitrogens with zero attached hydrogens (tertiary/aromatic N) is 2. The minimum absolute atomic E-state index is 0. The van der Waals surface area contributed by atoms with Crippen molar-refractivity contribution in [3.63, 3.8) is 0 Å². The second-order valence-corrected chi connectivity index (χ2v) is 7.80. The van der Waals surface area contributed by atoms with Crippen LogP contribution in [0.25, 0.3) is 0 Å². The van der Waals surface area contributed by atoms with E-state index in [0.717, 1.165) is 82.3 Å². The largest absolute Gasteiger partial charge is 0.494 e. The van der Waals surface area contributed by atoms with E-state index in [1.54, 1.807) is 0 Å². The molecule has 2 aromatic rings. The normalized spacial score (nSPS) is 14.4. The molecule has 182 valence electrons. The third-order valence-corrected chi connectivity index (χ3v) is 5.24. The molecular weight excluding hydrogens is 531 g/mol. The molecule has 0 saturated carbocycles. The Hall–Kier alpha value is -2.04. The zero-order valence-corrected chi connectivity index (χ0v) is 21.6. The topological polar surface area (TPSA) is 81.3 Å². The van der Waals surface area contributed by atoms with E-state index in [4.69, 9.17) is 19.9 Å². The van der Waals surface area contributed by atoms with Crippen molar-refractivity contribution >= 4 is 29.9 Å². The van der Waals surface area contributed by atoms with Crippen LogP contribution in [0.1, 0.15) is 24.8 Å². The molecule has 0 atom stereocenters. The van der Waals surface area contributed by atoms with Crippen molar-refractivity contribution in [2.75, 3.05) is 52.5 Å². The van der Waals surface area contributed by atoms with Crippen molar-refractivity contribution in [3.05, 3.63) is 60.2 Å². The van der Waals surface area contributed by atoms with E-state index in [-0.39, 0.29) is 24.0 Å². The van der Waals surface area contributed by atoms with Crippen LogP contribution in [0.5, 0.6) is 11.5 Å². The standard InChI is InChI=1S/C25H36N4O3.HI/c26-25(28-14-6-15-29-16-19-30-20-17-29)27-13-4-5-18-31-23-9-11-24(12-10-23)32-21-22-7-2-1-3-8-22;/h1-3,7-12H,4-6,13-21H2,(H3,26,27,28);1H. The van der Waals surface area contributed by atoms with Crippen molar-refractivity contribution < 1.29 is 14.2 Å². The van der Waals surface area contributed by atoms with Crippen LogP contribution < -0.4 is 20.5 Å². The predicted molar refractivity (Wildman–Crippen MR) is 144 cm³/mol. The Morgan fingerprint density at radius 3 is 2.36 bits per heavy atom. The summed E-state index contributed by atoms with van der Waals surface area (Å²) in [4.78, 5) is 6.81. The van der Waals surface area contributed by atoms with Crippen LogP contribution >= 0.6 is 24.0 Å². The summed E-state index contributed by atoms with van der Waals surface area (Å²) in [5.74, 6) is 2.22. The number of nitrogens with one attached hydrogen (secondary N) is 1. The maximum absolute atomic E-state index is 5.94. The zero-order valence-electron chi connectivity index (χ0n) is 19.3. The monoisotopic (exact) mass is 568 g/mol. The highest BCUT2D eigenvalue weighted by atomic mass is 127. The zero-order chi connectivity index (χ0) is 22.3. The minimum atomic E-state index is 0. The SMILES string of the molecule is I.NC(=NCCCN1CCOCC1)NCCCCOc1ccc(OCc2ccccc2)cc1. The Bertz CT molecular complexity index is 784. The molecule has 0 spiro atoms. The molecule has 2 aromatic carbocycles. The van der Waals surface area contributed by atoms with Crippen LogP contribution in [-0.4, -0.2) is 63.4 Å². The molecule has 0 unspecified atom stereocenters. The highest BCUT2D eigenvalue weighted by Crippen LogP contribution is 2.19. The van der Waals surface area contributed by atoms with Gasteiger partial charge in [0.2, 0.25) is 0 Å². The molecule has 33 heavy (non-hydrogen) atoms. The van der Waals surface area contributed by atoms with Gasteiger partial charge in [-0.1, -0.05) is 30.3 Å². The van der Waals surface area contributed by atoms with Crippen molar-refractivity contribution in [1.82, 2.24) is 10.2 Å². The molecule has 1 aliphatic heterocycles. The lowest BCUT2D eigenvalue weighted by atomic mass is 10.2. The highest BCUT2D eigenvalue weighted by Gasteiger charge is 2.08. The van der Waals surface area contributed by atoms with Crippen molar-refractivity contribution in [1.29, 1.82) is 0 Å². The molecule has 8 heteroatoms. The van der Waals surface area contributed by atoms with Crippen LogP contribution in [0, 0.1) is 0 Å². The van der Waals surface area contributed by atoms with Crippen LogP contribution in [0.2, 0.25) is 0 Å². The van der Waals surface area contributed by atoms with E-state index in [2.05, 4.69) is 27.3 Å². The Kier molecular flexibility index (Phi) is 13.6. The second kappa shape index (κ2) is 16.6. The maximum Gasteiger partial charge on any atom is 0.188 e. The number of hydrogen-bond acceptors (Lipinski definition) is 5. The van der Waals surface area contributed by atoms with Crippen molar-refractivity contribution in [2.24, 2.45) is 10.7 Å². The lowest BCUT2D eigenvalue weighted by Gasteiger charge is -2.26. The van der Waals surface area contributed by atoms with Crippen LogP contribution in [-0.2, 0) is 11.3 Å². The molecule has 1 aliphatic rings. The molecule has 0 amide bonds. The highest BCUT2D eigenvalue weighted by molar-refractivity contribution is 14.0. The number of aliphatic imine (C=N–C) groups is 1. The first-order valence-electron chi connectivity index (χ1n) is 11.5. The molecule has 0 bridgehead atoms. The van der Waals surface area contributed by atoms with Gasteiger partial charge >= 0.3 is 0 Å². The van der Waals surface area contributed by atoms with Gasteiger partial charge in [-0.15, -0.1) is 24.0 Å². The fraction of sp³-hybridized carbons (Fsp3) is 0.480. The van der Waals surface area contributed by atoms with Crippen LogP contribution in [0.15, 0.2) is 59.6 Å². The van der Waals surface area contributed by atoms with E-state index in [1.165, 1.54) is 0 Å². The Labute approximate surface area is 214 Å². The van der Waals surface area contributed by atoms with Gasteiger partial charge in [-0.3, -0.25) is 9.89 Å². The number of benzene rings is 2. The summed E-state index contributed by atoms with van der Waals surface area (Å²) in [6.45, 7) is 7.56. The molecule has 0 radical (unpaired) electrons. The Morgan fingerprint density at radius 2 is 1.64 bits per heavy atom. The van der Waals surface area contributed by atoms with Gasteiger partial charge < -0.3 is 25.3 Å². The molecule has 3 N–H and O–H groups in total. The summed E-state index contributed by atoms with van der Waals surface area (Å²) in [7, 11) is 0. The first-order valence-corrected chi connectivity index (χ1v) is 11.5. The molecule has 1 fully saturated rings. The summed E-state index contributed by atoms with van der Waals surface area (Å²) in [5.41, 5.74) is 7.09. The van der Waals surface area contributed by atoms with Gasteiger partial charge in [0.15, 0.2) is 5.96 Å². The van der Waals surface area contributed by atoms with E-state index in [1.807, 2.05) is 42.5 Å². The number of unbranched alkanes of at least 4 members (excludes halogenated alkanes) is 1. The summed E-state index contributed by atoms with van der Waals surface area (Å²) < 4.78 is 17.0. The van der Waals surface area contributed by atoms with E-state index in [9.17, 15) is 0 Å². The number of morpholine rings is 1. The number of guanidine groups is 1. The molecule has 7 nitrogen and oxygen atoms in total. The van der Waals surface area contributed by atoms with Crippen LogP contribution in [0.3, 0.4) is 0 Å². The number of nitrogens with two attached hydrogens (primary N) is 1. The number of halogens is 1. The summed E-state index contributed by atoms with van der Waals surface area (Å²) in [6, 6.07) is 17.9. The molecular formula is C25H37IN4O3. The average Bonchev–Trinajstić information content (AvgIpc) is 2.85. The molecule has 3 rings (SSSR count). The smallest absolute Gasteiger partial charge is 0.188 e. The molecule has 0 aliphatic carbocycles.